The smallest absolute Gasteiger partial charge is 0.306 e. The third-order valence-electron chi connectivity index (χ3n) is 2.33. The first-order chi connectivity index (χ1) is 8.52. The van der Waals surface area contributed by atoms with Crippen molar-refractivity contribution in [3.05, 3.63) is 34.9 Å². The Morgan fingerprint density at radius 1 is 1.39 bits per heavy atom. The van der Waals surface area contributed by atoms with E-state index < -0.39 is 12.1 Å². The lowest BCUT2D eigenvalue weighted by molar-refractivity contribution is -0.139. The van der Waals surface area contributed by atoms with Gasteiger partial charge in [-0.05, 0) is 24.3 Å². The number of nitrogens with one attached hydrogen (secondary N) is 1. The lowest BCUT2D eigenvalue weighted by Gasteiger charge is -2.13. The van der Waals surface area contributed by atoms with Crippen LogP contribution in [0, 0.1) is 0 Å². The van der Waals surface area contributed by atoms with Crippen molar-refractivity contribution >= 4 is 23.5 Å². The number of amides is 1. The van der Waals surface area contributed by atoms with Crippen molar-refractivity contribution in [2.75, 3.05) is 13.7 Å². The topological polar surface area (TPSA) is 75.6 Å². The number of carbonyl (C=O) groups excluding carboxylic acids is 1. The number of carboxylic acid groups (broad SMARTS) is 1. The van der Waals surface area contributed by atoms with Crippen molar-refractivity contribution in [3.63, 3.8) is 0 Å². The Balaban J connectivity index is 2.49. The summed E-state index contributed by atoms with van der Waals surface area (Å²) < 4.78 is 4.95. The van der Waals surface area contributed by atoms with Gasteiger partial charge in [-0.3, -0.25) is 9.59 Å². The number of rotatable bonds is 6. The SMILES string of the molecule is COC(CNC(=O)c1ccc(Cl)cc1)CC(=O)O. The molecule has 1 aromatic rings. The molecule has 0 saturated heterocycles. The molecule has 1 atom stereocenters. The van der Waals surface area contributed by atoms with Crippen LogP contribution in [0.5, 0.6) is 0 Å². The second kappa shape index (κ2) is 6.98. The zero-order valence-corrected chi connectivity index (χ0v) is 10.6. The summed E-state index contributed by atoms with van der Waals surface area (Å²) in [5.74, 6) is -1.26. The predicted molar refractivity (Wildman–Crippen MR) is 66.8 cm³/mol. The standard InChI is InChI=1S/C12H14ClNO4/c1-18-10(6-11(15)16)7-14-12(17)8-2-4-9(13)5-3-8/h2-5,10H,6-7H2,1H3,(H,14,17)(H,15,16). The van der Waals surface area contributed by atoms with E-state index in [0.29, 0.717) is 10.6 Å². The maximum Gasteiger partial charge on any atom is 0.306 e. The molecule has 2 N–H and O–H groups in total. The van der Waals surface area contributed by atoms with Gasteiger partial charge in [0.2, 0.25) is 0 Å². The molecule has 0 radical (unpaired) electrons. The Morgan fingerprint density at radius 3 is 2.50 bits per heavy atom. The minimum atomic E-state index is -0.970. The monoisotopic (exact) mass is 271 g/mol. The molecular formula is C12H14ClNO4. The normalized spacial score (nSPS) is 11.9. The maximum absolute atomic E-state index is 11.7. The lowest BCUT2D eigenvalue weighted by atomic mass is 10.2. The van der Waals surface area contributed by atoms with E-state index in [-0.39, 0.29) is 18.9 Å². The molecule has 0 heterocycles. The van der Waals surface area contributed by atoms with Gasteiger partial charge in [0, 0.05) is 24.2 Å². The van der Waals surface area contributed by atoms with Crippen LogP contribution in [0.2, 0.25) is 5.02 Å². The number of halogens is 1. The summed E-state index contributed by atoms with van der Waals surface area (Å²) in [7, 11) is 1.40. The Morgan fingerprint density at radius 2 is 2.00 bits per heavy atom. The number of hydrogen-bond donors (Lipinski definition) is 2. The Kier molecular flexibility index (Phi) is 5.61. The van der Waals surface area contributed by atoms with Crippen molar-refractivity contribution in [1.82, 2.24) is 5.32 Å². The van der Waals surface area contributed by atoms with E-state index in [0.717, 1.165) is 0 Å². The van der Waals surface area contributed by atoms with E-state index in [4.69, 9.17) is 21.4 Å². The molecule has 0 aromatic heterocycles. The average Bonchev–Trinajstić information content (AvgIpc) is 2.34. The highest BCUT2D eigenvalue weighted by Gasteiger charge is 2.14. The van der Waals surface area contributed by atoms with E-state index in [1.165, 1.54) is 7.11 Å². The molecule has 1 amide bonds. The van der Waals surface area contributed by atoms with Gasteiger partial charge in [-0.1, -0.05) is 11.6 Å². The summed E-state index contributed by atoms with van der Waals surface area (Å²) in [5, 5.41) is 11.8. The van der Waals surface area contributed by atoms with Crippen LogP contribution >= 0.6 is 11.6 Å². The molecule has 0 aliphatic rings. The minimum absolute atomic E-state index is 0.143. The molecule has 6 heteroatoms. The van der Waals surface area contributed by atoms with Crippen molar-refractivity contribution in [2.24, 2.45) is 0 Å². The molecule has 1 aromatic carbocycles. The highest BCUT2D eigenvalue weighted by molar-refractivity contribution is 6.30. The molecular weight excluding hydrogens is 258 g/mol. The van der Waals surface area contributed by atoms with Gasteiger partial charge < -0.3 is 15.2 Å². The largest absolute Gasteiger partial charge is 0.481 e. The highest BCUT2D eigenvalue weighted by atomic mass is 35.5. The summed E-state index contributed by atoms with van der Waals surface area (Å²) >= 11 is 5.71. The summed E-state index contributed by atoms with van der Waals surface area (Å²) in [5.41, 5.74) is 0.463. The maximum atomic E-state index is 11.7. The third-order valence-corrected chi connectivity index (χ3v) is 2.58. The van der Waals surface area contributed by atoms with Crippen LogP contribution in [0.4, 0.5) is 0 Å². The van der Waals surface area contributed by atoms with E-state index >= 15 is 0 Å². The third kappa shape index (κ3) is 4.73. The van der Waals surface area contributed by atoms with Crippen molar-refractivity contribution in [3.8, 4) is 0 Å². The Bertz CT molecular complexity index is 419. The van der Waals surface area contributed by atoms with Crippen LogP contribution in [0.1, 0.15) is 16.8 Å². The van der Waals surface area contributed by atoms with Gasteiger partial charge in [0.1, 0.15) is 0 Å². The first kappa shape index (κ1) is 14.5. The number of hydrogen-bond acceptors (Lipinski definition) is 3. The van der Waals surface area contributed by atoms with Gasteiger partial charge in [0.15, 0.2) is 0 Å². The second-order valence-electron chi connectivity index (χ2n) is 3.67. The van der Waals surface area contributed by atoms with Gasteiger partial charge >= 0.3 is 5.97 Å². The molecule has 0 fully saturated rings. The summed E-state index contributed by atoms with van der Waals surface area (Å²) in [6.07, 6.45) is -0.698. The van der Waals surface area contributed by atoms with E-state index in [1.54, 1.807) is 24.3 Å². The molecule has 0 aliphatic carbocycles. The van der Waals surface area contributed by atoms with Gasteiger partial charge in [-0.2, -0.15) is 0 Å². The molecule has 0 aliphatic heterocycles. The summed E-state index contributed by atoms with van der Waals surface area (Å²) in [6.45, 7) is 0.143. The second-order valence-corrected chi connectivity index (χ2v) is 4.11. The number of benzene rings is 1. The van der Waals surface area contributed by atoms with Gasteiger partial charge in [0.05, 0.1) is 12.5 Å². The van der Waals surface area contributed by atoms with Gasteiger partial charge in [-0.15, -0.1) is 0 Å². The van der Waals surface area contributed by atoms with Crippen LogP contribution in [-0.4, -0.2) is 36.7 Å². The summed E-state index contributed by atoms with van der Waals surface area (Å²) in [6, 6.07) is 6.41. The molecule has 1 unspecified atom stereocenters. The molecule has 0 saturated carbocycles. The van der Waals surface area contributed by atoms with Gasteiger partial charge in [0.25, 0.3) is 5.91 Å². The zero-order valence-electron chi connectivity index (χ0n) is 9.85. The van der Waals surface area contributed by atoms with Crippen LogP contribution in [-0.2, 0) is 9.53 Å². The molecule has 18 heavy (non-hydrogen) atoms. The van der Waals surface area contributed by atoms with E-state index in [2.05, 4.69) is 5.32 Å². The molecule has 5 nitrogen and oxygen atoms in total. The van der Waals surface area contributed by atoms with Crippen LogP contribution < -0.4 is 5.32 Å². The van der Waals surface area contributed by atoms with Crippen molar-refractivity contribution in [1.29, 1.82) is 0 Å². The minimum Gasteiger partial charge on any atom is -0.481 e. The van der Waals surface area contributed by atoms with Gasteiger partial charge in [-0.25, -0.2) is 0 Å². The summed E-state index contributed by atoms with van der Waals surface area (Å²) in [4.78, 5) is 22.2. The van der Waals surface area contributed by atoms with E-state index in [1.807, 2.05) is 0 Å². The van der Waals surface area contributed by atoms with Crippen LogP contribution in [0.25, 0.3) is 0 Å². The van der Waals surface area contributed by atoms with Crippen molar-refractivity contribution < 1.29 is 19.4 Å². The lowest BCUT2D eigenvalue weighted by Crippen LogP contribution is -2.34. The quantitative estimate of drug-likeness (QED) is 0.823. The fourth-order valence-electron chi connectivity index (χ4n) is 1.34. The highest BCUT2D eigenvalue weighted by Crippen LogP contribution is 2.09. The molecule has 0 bridgehead atoms. The first-order valence-corrected chi connectivity index (χ1v) is 5.69. The van der Waals surface area contributed by atoms with E-state index in [9.17, 15) is 9.59 Å². The molecule has 0 spiro atoms. The Hall–Kier alpha value is -1.59. The average molecular weight is 272 g/mol. The fourth-order valence-corrected chi connectivity index (χ4v) is 1.47. The van der Waals surface area contributed by atoms with Crippen LogP contribution in [0.3, 0.4) is 0 Å². The fraction of sp³-hybridized carbons (Fsp3) is 0.333. The first-order valence-electron chi connectivity index (χ1n) is 5.31. The predicted octanol–water partition coefficient (Wildman–Crippen LogP) is 1.56. The Labute approximate surface area is 110 Å². The zero-order chi connectivity index (χ0) is 13.5. The van der Waals surface area contributed by atoms with Crippen molar-refractivity contribution in [2.45, 2.75) is 12.5 Å². The number of aliphatic carboxylic acids is 1. The number of methoxy groups -OCH3 is 1. The molecule has 98 valence electrons. The molecule has 1 rings (SSSR count). The number of ether oxygens (including phenoxy) is 1. The number of carboxylic acids is 1. The van der Waals surface area contributed by atoms with Crippen LogP contribution in [0.15, 0.2) is 24.3 Å². The number of carbonyl (C=O) groups is 2.